The maximum atomic E-state index is 13.0. The number of rotatable bonds is 6. The second kappa shape index (κ2) is 6.22. The van der Waals surface area contributed by atoms with E-state index in [2.05, 4.69) is 15.1 Å². The maximum Gasteiger partial charge on any atom is 0.257 e. The van der Waals surface area contributed by atoms with Crippen LogP contribution in [0.15, 0.2) is 46.2 Å². The van der Waals surface area contributed by atoms with Crippen molar-refractivity contribution in [3.63, 3.8) is 0 Å². The molecule has 2 aromatic heterocycles. The minimum atomic E-state index is -0.204. The monoisotopic (exact) mass is 329 g/mol. The molecule has 0 unspecified atom stereocenters. The molecule has 4 rings (SSSR count). The van der Waals surface area contributed by atoms with Gasteiger partial charge in [0, 0.05) is 12.6 Å². The molecule has 3 aromatic rings. The van der Waals surface area contributed by atoms with E-state index in [1.54, 1.807) is 11.3 Å². The molecule has 4 nitrogen and oxygen atoms in total. The first-order valence-corrected chi connectivity index (χ1v) is 8.50. The number of hydrogen-bond acceptors (Lipinski definition) is 5. The summed E-state index contributed by atoms with van der Waals surface area (Å²) in [5, 5.41) is 10.3. The van der Waals surface area contributed by atoms with Gasteiger partial charge in [0.05, 0.1) is 11.4 Å². The zero-order valence-corrected chi connectivity index (χ0v) is 13.3. The Morgan fingerprint density at radius 3 is 2.65 bits per heavy atom. The fourth-order valence-electron chi connectivity index (χ4n) is 2.57. The summed E-state index contributed by atoms with van der Waals surface area (Å²) in [6.07, 6.45) is 2.38. The molecule has 0 N–H and O–H groups in total. The Labute approximate surface area is 137 Å². The molecule has 23 heavy (non-hydrogen) atoms. The van der Waals surface area contributed by atoms with Gasteiger partial charge in [-0.2, -0.15) is 0 Å². The molecule has 0 aliphatic heterocycles. The van der Waals surface area contributed by atoms with Crippen LogP contribution in [0, 0.1) is 5.82 Å². The lowest BCUT2D eigenvalue weighted by molar-refractivity contribution is 0.221. The van der Waals surface area contributed by atoms with E-state index in [-0.39, 0.29) is 5.82 Å². The smallest absolute Gasteiger partial charge is 0.257 e. The molecule has 0 atom stereocenters. The molecule has 0 amide bonds. The molecule has 1 fully saturated rings. The fourth-order valence-corrected chi connectivity index (χ4v) is 3.21. The van der Waals surface area contributed by atoms with Crippen molar-refractivity contribution in [2.45, 2.75) is 32.0 Å². The SMILES string of the molecule is Fc1ccc(CN(Cc2nnc(-c3cccs3)o2)C2CC2)cc1. The van der Waals surface area contributed by atoms with Gasteiger partial charge in [0.15, 0.2) is 0 Å². The van der Waals surface area contributed by atoms with E-state index in [0.717, 1.165) is 17.0 Å². The number of hydrogen-bond donors (Lipinski definition) is 0. The Morgan fingerprint density at radius 2 is 1.96 bits per heavy atom. The Bertz CT molecular complexity index is 766. The van der Waals surface area contributed by atoms with Crippen molar-refractivity contribution in [2.24, 2.45) is 0 Å². The predicted molar refractivity (Wildman–Crippen MR) is 86.3 cm³/mol. The van der Waals surface area contributed by atoms with Crippen molar-refractivity contribution in [3.8, 4) is 10.8 Å². The summed E-state index contributed by atoms with van der Waals surface area (Å²) < 4.78 is 18.8. The highest BCUT2D eigenvalue weighted by Gasteiger charge is 2.30. The van der Waals surface area contributed by atoms with E-state index in [1.165, 1.54) is 25.0 Å². The van der Waals surface area contributed by atoms with Crippen molar-refractivity contribution >= 4 is 11.3 Å². The van der Waals surface area contributed by atoms with Gasteiger partial charge in [-0.3, -0.25) is 4.90 Å². The highest BCUT2D eigenvalue weighted by molar-refractivity contribution is 7.13. The van der Waals surface area contributed by atoms with Crippen molar-refractivity contribution in [1.82, 2.24) is 15.1 Å². The molecule has 1 aliphatic carbocycles. The third-order valence-corrected chi connectivity index (χ3v) is 4.76. The topological polar surface area (TPSA) is 42.2 Å². The van der Waals surface area contributed by atoms with E-state index >= 15 is 0 Å². The summed E-state index contributed by atoms with van der Waals surface area (Å²) in [7, 11) is 0. The summed E-state index contributed by atoms with van der Waals surface area (Å²) in [6, 6.07) is 11.2. The maximum absolute atomic E-state index is 13.0. The van der Waals surface area contributed by atoms with Crippen LogP contribution in [0.1, 0.15) is 24.3 Å². The van der Waals surface area contributed by atoms with Crippen LogP contribution in [0.4, 0.5) is 4.39 Å². The third-order valence-electron chi connectivity index (χ3n) is 3.90. The first-order chi connectivity index (χ1) is 11.3. The highest BCUT2D eigenvalue weighted by atomic mass is 32.1. The van der Waals surface area contributed by atoms with Gasteiger partial charge in [0.2, 0.25) is 5.89 Å². The Hall–Kier alpha value is -2.05. The fraction of sp³-hybridized carbons (Fsp3) is 0.294. The molecule has 1 saturated carbocycles. The highest BCUT2D eigenvalue weighted by Crippen LogP contribution is 2.30. The van der Waals surface area contributed by atoms with Gasteiger partial charge in [-0.15, -0.1) is 21.5 Å². The lowest BCUT2D eigenvalue weighted by atomic mass is 10.2. The largest absolute Gasteiger partial charge is 0.419 e. The Morgan fingerprint density at radius 1 is 1.13 bits per heavy atom. The average Bonchev–Trinajstić information content (AvgIpc) is 3.07. The van der Waals surface area contributed by atoms with Crippen LogP contribution in [0.5, 0.6) is 0 Å². The summed E-state index contributed by atoms with van der Waals surface area (Å²) in [5.41, 5.74) is 1.09. The van der Waals surface area contributed by atoms with Crippen molar-refractivity contribution in [2.75, 3.05) is 0 Å². The second-order valence-corrected chi connectivity index (χ2v) is 6.69. The number of aromatic nitrogens is 2. The molecular formula is C17H16FN3OS. The molecule has 118 valence electrons. The van der Waals surface area contributed by atoms with E-state index in [4.69, 9.17) is 4.42 Å². The van der Waals surface area contributed by atoms with E-state index < -0.39 is 0 Å². The number of halogens is 1. The van der Waals surface area contributed by atoms with Gasteiger partial charge in [-0.05, 0) is 42.0 Å². The number of nitrogens with zero attached hydrogens (tertiary/aromatic N) is 3. The lowest BCUT2D eigenvalue weighted by Gasteiger charge is -2.20. The molecule has 1 aromatic carbocycles. The molecule has 0 spiro atoms. The van der Waals surface area contributed by atoms with E-state index in [9.17, 15) is 4.39 Å². The predicted octanol–water partition coefficient (Wildman–Crippen LogP) is 4.10. The first kappa shape index (κ1) is 14.5. The molecule has 2 heterocycles. The van der Waals surface area contributed by atoms with Crippen LogP contribution in [0.2, 0.25) is 0 Å². The summed E-state index contributed by atoms with van der Waals surface area (Å²) in [4.78, 5) is 3.30. The second-order valence-electron chi connectivity index (χ2n) is 5.74. The molecule has 6 heteroatoms. The molecular weight excluding hydrogens is 313 g/mol. The van der Waals surface area contributed by atoms with Gasteiger partial charge in [0.1, 0.15) is 5.82 Å². The minimum Gasteiger partial charge on any atom is -0.419 e. The van der Waals surface area contributed by atoms with Crippen molar-refractivity contribution < 1.29 is 8.81 Å². The van der Waals surface area contributed by atoms with Crippen LogP contribution in [-0.2, 0) is 13.1 Å². The summed E-state index contributed by atoms with van der Waals surface area (Å²) in [5.74, 6) is 0.999. The molecule has 0 bridgehead atoms. The van der Waals surface area contributed by atoms with E-state index in [0.29, 0.717) is 24.4 Å². The van der Waals surface area contributed by atoms with Gasteiger partial charge in [0.25, 0.3) is 5.89 Å². The van der Waals surface area contributed by atoms with Crippen LogP contribution in [0.25, 0.3) is 10.8 Å². The van der Waals surface area contributed by atoms with Gasteiger partial charge < -0.3 is 4.42 Å². The molecule has 0 saturated heterocycles. The zero-order chi connectivity index (χ0) is 15.6. The Kier molecular flexibility index (Phi) is 3.93. The van der Waals surface area contributed by atoms with Gasteiger partial charge in [-0.1, -0.05) is 18.2 Å². The lowest BCUT2D eigenvalue weighted by Crippen LogP contribution is -2.25. The average molecular weight is 329 g/mol. The van der Waals surface area contributed by atoms with Crippen LogP contribution >= 0.6 is 11.3 Å². The molecule has 0 radical (unpaired) electrons. The minimum absolute atomic E-state index is 0.204. The van der Waals surface area contributed by atoms with Crippen LogP contribution in [0.3, 0.4) is 0 Å². The Balaban J connectivity index is 1.47. The van der Waals surface area contributed by atoms with Gasteiger partial charge in [-0.25, -0.2) is 4.39 Å². The number of thiophene rings is 1. The molecule has 1 aliphatic rings. The van der Waals surface area contributed by atoms with Crippen molar-refractivity contribution in [3.05, 3.63) is 59.0 Å². The normalized spacial score (nSPS) is 14.5. The van der Waals surface area contributed by atoms with Crippen LogP contribution < -0.4 is 0 Å². The first-order valence-electron chi connectivity index (χ1n) is 7.63. The van der Waals surface area contributed by atoms with Crippen LogP contribution in [-0.4, -0.2) is 21.1 Å². The quantitative estimate of drug-likeness (QED) is 0.683. The van der Waals surface area contributed by atoms with Gasteiger partial charge >= 0.3 is 0 Å². The zero-order valence-electron chi connectivity index (χ0n) is 12.5. The third kappa shape index (κ3) is 3.48. The number of benzene rings is 1. The van der Waals surface area contributed by atoms with Crippen molar-refractivity contribution in [1.29, 1.82) is 0 Å². The standard InChI is InChI=1S/C17H16FN3OS/c18-13-5-3-12(4-6-13)10-21(14-7-8-14)11-16-19-20-17(22-16)15-2-1-9-23-15/h1-6,9,14H,7-8,10-11H2. The summed E-state index contributed by atoms with van der Waals surface area (Å²) >= 11 is 1.59. The summed E-state index contributed by atoms with van der Waals surface area (Å²) in [6.45, 7) is 1.39. The van der Waals surface area contributed by atoms with E-state index in [1.807, 2.05) is 29.6 Å².